The van der Waals surface area contributed by atoms with Gasteiger partial charge in [0.15, 0.2) is 5.82 Å². The van der Waals surface area contributed by atoms with Gasteiger partial charge in [0.1, 0.15) is 11.4 Å². The lowest BCUT2D eigenvalue weighted by molar-refractivity contribution is -0.0532. The van der Waals surface area contributed by atoms with Gasteiger partial charge in [0.25, 0.3) is 5.88 Å². The van der Waals surface area contributed by atoms with Gasteiger partial charge in [-0.15, -0.1) is 5.10 Å². The summed E-state index contributed by atoms with van der Waals surface area (Å²) in [4.78, 5) is 3.76. The lowest BCUT2D eigenvalue weighted by Gasteiger charge is -2.00. The number of alkyl halides is 2. The minimum atomic E-state index is -3.02. The maximum atomic E-state index is 12.7. The van der Waals surface area contributed by atoms with Gasteiger partial charge in [-0.1, -0.05) is 12.6 Å². The molecule has 0 aliphatic rings. The average molecular weight is 285 g/mol. The Morgan fingerprint density at radius 2 is 2.16 bits per heavy atom. The summed E-state index contributed by atoms with van der Waals surface area (Å²) in [5.74, 6) is 1.83. The molecule has 0 radical (unpaired) electrons. The van der Waals surface area contributed by atoms with Crippen molar-refractivity contribution in [3.63, 3.8) is 0 Å². The molecule has 0 spiro atoms. The Morgan fingerprint density at radius 1 is 1.37 bits per heavy atom. The Hall–Kier alpha value is -2.14. The molecule has 0 saturated carbocycles. The molecule has 0 fully saturated rings. The van der Waals surface area contributed by atoms with Crippen LogP contribution < -0.4 is 4.74 Å². The molecule has 4 nitrogen and oxygen atoms in total. The number of hydrogen-bond donors (Lipinski definition) is 1. The van der Waals surface area contributed by atoms with E-state index in [1.807, 2.05) is 0 Å². The van der Waals surface area contributed by atoms with Gasteiger partial charge in [-0.05, 0) is 23.3 Å². The normalized spacial score (nSPS) is 10.2. The van der Waals surface area contributed by atoms with E-state index in [9.17, 15) is 13.2 Å². The summed E-state index contributed by atoms with van der Waals surface area (Å²) in [5.41, 5.74) is 0.126. The first-order valence-corrected chi connectivity index (χ1v) is 5.36. The lowest BCUT2D eigenvalue weighted by Crippen LogP contribution is -2.04. The van der Waals surface area contributed by atoms with Gasteiger partial charge in [-0.25, -0.2) is 14.1 Å². The zero-order chi connectivity index (χ0) is 13.8. The smallest absolute Gasteiger partial charge is 0.388 e. The van der Waals surface area contributed by atoms with E-state index < -0.39 is 12.4 Å². The van der Waals surface area contributed by atoms with Crippen LogP contribution in [0.15, 0.2) is 24.5 Å². The lowest BCUT2D eigenvalue weighted by atomic mass is 10.4. The SMILES string of the molecule is Fc1ccc(-n2cc(C#CS)c(OC(F)F)n2)nc1. The van der Waals surface area contributed by atoms with Crippen molar-refractivity contribution < 1.29 is 17.9 Å². The van der Waals surface area contributed by atoms with E-state index in [0.717, 1.165) is 10.9 Å². The summed E-state index contributed by atoms with van der Waals surface area (Å²) in [6.07, 6.45) is 2.32. The van der Waals surface area contributed by atoms with Crippen molar-refractivity contribution in [2.75, 3.05) is 0 Å². The zero-order valence-corrected chi connectivity index (χ0v) is 10.1. The van der Waals surface area contributed by atoms with Crippen molar-refractivity contribution in [1.82, 2.24) is 14.8 Å². The van der Waals surface area contributed by atoms with Crippen molar-refractivity contribution >= 4 is 12.6 Å². The Bertz CT molecular complexity index is 631. The van der Waals surface area contributed by atoms with Crippen LogP contribution in [0.3, 0.4) is 0 Å². The van der Waals surface area contributed by atoms with Crippen molar-refractivity contribution in [1.29, 1.82) is 0 Å². The highest BCUT2D eigenvalue weighted by Gasteiger charge is 2.14. The van der Waals surface area contributed by atoms with E-state index in [4.69, 9.17) is 0 Å². The Morgan fingerprint density at radius 3 is 2.74 bits per heavy atom. The molecular weight excluding hydrogens is 279 g/mol. The van der Waals surface area contributed by atoms with Crippen LogP contribution in [0.1, 0.15) is 5.56 Å². The number of rotatable bonds is 3. The molecule has 0 N–H and O–H groups in total. The highest BCUT2D eigenvalue weighted by Crippen LogP contribution is 2.19. The fourth-order valence-corrected chi connectivity index (χ4v) is 1.42. The predicted octanol–water partition coefficient (Wildman–Crippen LogP) is 2.25. The van der Waals surface area contributed by atoms with Crippen LogP contribution in [0, 0.1) is 17.0 Å². The van der Waals surface area contributed by atoms with Gasteiger partial charge >= 0.3 is 6.61 Å². The molecule has 0 bridgehead atoms. The fraction of sp³-hybridized carbons (Fsp3) is 0.0909. The minimum Gasteiger partial charge on any atom is -0.414 e. The molecule has 0 aliphatic heterocycles. The van der Waals surface area contributed by atoms with E-state index >= 15 is 0 Å². The van der Waals surface area contributed by atoms with Crippen molar-refractivity contribution in [3.05, 3.63) is 35.9 Å². The Balaban J connectivity index is 2.41. The number of thiol groups is 1. The minimum absolute atomic E-state index is 0.126. The zero-order valence-electron chi connectivity index (χ0n) is 9.22. The number of ether oxygens (including phenoxy) is 1. The van der Waals surface area contributed by atoms with Gasteiger partial charge in [0.05, 0.1) is 12.4 Å². The first-order valence-electron chi connectivity index (χ1n) is 4.91. The fourth-order valence-electron chi connectivity index (χ4n) is 1.30. The number of halogens is 3. The van der Waals surface area contributed by atoms with Crippen LogP contribution in [0.25, 0.3) is 5.82 Å². The summed E-state index contributed by atoms with van der Waals surface area (Å²) in [6.45, 7) is -3.02. The standard InChI is InChI=1S/C11H6F3N3OS/c12-8-1-2-9(15-5-8)17-6-7(3-4-19)10(16-17)18-11(13)14/h1-2,5-6,11,19H. The summed E-state index contributed by atoms with van der Waals surface area (Å²) in [6, 6.07) is 2.51. The molecule has 0 amide bonds. The van der Waals surface area contributed by atoms with Crippen LogP contribution in [0.4, 0.5) is 13.2 Å². The molecule has 19 heavy (non-hydrogen) atoms. The Kier molecular flexibility index (Phi) is 3.97. The summed E-state index contributed by atoms with van der Waals surface area (Å²) >= 11 is 3.67. The molecule has 2 heterocycles. The van der Waals surface area contributed by atoms with E-state index in [0.29, 0.717) is 0 Å². The molecule has 98 valence electrons. The van der Waals surface area contributed by atoms with Crippen LogP contribution in [-0.4, -0.2) is 21.4 Å². The van der Waals surface area contributed by atoms with Gasteiger partial charge < -0.3 is 4.74 Å². The molecular formula is C11H6F3N3OS. The molecule has 0 aliphatic carbocycles. The number of aromatic nitrogens is 3. The van der Waals surface area contributed by atoms with Crippen LogP contribution in [0.2, 0.25) is 0 Å². The first-order chi connectivity index (χ1) is 9.10. The number of pyridine rings is 1. The van der Waals surface area contributed by atoms with E-state index in [1.165, 1.54) is 18.3 Å². The highest BCUT2D eigenvalue weighted by molar-refractivity contribution is 7.85. The summed E-state index contributed by atoms with van der Waals surface area (Å²) in [5, 5.41) is 6.02. The monoisotopic (exact) mass is 285 g/mol. The third kappa shape index (κ3) is 3.20. The summed E-state index contributed by atoms with van der Waals surface area (Å²) in [7, 11) is 0. The van der Waals surface area contributed by atoms with Crippen molar-refractivity contribution in [2.45, 2.75) is 6.61 Å². The third-order valence-electron chi connectivity index (χ3n) is 2.02. The van der Waals surface area contributed by atoms with Crippen molar-refractivity contribution in [3.8, 4) is 22.9 Å². The molecule has 2 rings (SSSR count). The second kappa shape index (κ2) is 5.67. The molecule has 0 atom stereocenters. The highest BCUT2D eigenvalue weighted by atomic mass is 32.1. The molecule has 0 unspecified atom stereocenters. The molecule has 0 saturated heterocycles. The molecule has 8 heteroatoms. The number of nitrogens with zero attached hydrogens (tertiary/aromatic N) is 3. The number of hydrogen-bond acceptors (Lipinski definition) is 4. The van der Waals surface area contributed by atoms with E-state index in [2.05, 4.69) is 38.6 Å². The summed E-state index contributed by atoms with van der Waals surface area (Å²) < 4.78 is 42.5. The van der Waals surface area contributed by atoms with Crippen LogP contribution in [-0.2, 0) is 0 Å². The molecule has 0 aromatic carbocycles. The van der Waals surface area contributed by atoms with E-state index in [-0.39, 0.29) is 17.3 Å². The van der Waals surface area contributed by atoms with Gasteiger partial charge in [-0.2, -0.15) is 8.78 Å². The second-order valence-electron chi connectivity index (χ2n) is 3.24. The second-order valence-corrected chi connectivity index (χ2v) is 3.47. The molecule has 2 aromatic rings. The average Bonchev–Trinajstić information content (AvgIpc) is 2.73. The molecule has 2 aromatic heterocycles. The van der Waals surface area contributed by atoms with Gasteiger partial charge in [0.2, 0.25) is 0 Å². The topological polar surface area (TPSA) is 39.9 Å². The van der Waals surface area contributed by atoms with Gasteiger partial charge in [0, 0.05) is 0 Å². The van der Waals surface area contributed by atoms with Crippen molar-refractivity contribution in [2.24, 2.45) is 0 Å². The third-order valence-corrected chi connectivity index (χ3v) is 2.13. The predicted molar refractivity (Wildman–Crippen MR) is 63.8 cm³/mol. The first kappa shape index (κ1) is 13.3. The van der Waals surface area contributed by atoms with E-state index in [1.54, 1.807) is 0 Å². The largest absolute Gasteiger partial charge is 0.414 e. The van der Waals surface area contributed by atoms with Crippen LogP contribution in [0.5, 0.6) is 5.88 Å². The van der Waals surface area contributed by atoms with Gasteiger partial charge in [-0.3, -0.25) is 0 Å². The maximum Gasteiger partial charge on any atom is 0.388 e. The quantitative estimate of drug-likeness (QED) is 0.694. The Labute approximate surface area is 111 Å². The van der Waals surface area contributed by atoms with Crippen LogP contribution >= 0.6 is 12.6 Å². The maximum absolute atomic E-state index is 12.7.